The van der Waals surface area contributed by atoms with Crippen LogP contribution in [-0.2, 0) is 6.42 Å². The molecule has 3 N–H and O–H groups in total. The van der Waals surface area contributed by atoms with Gasteiger partial charge in [0.15, 0.2) is 5.78 Å². The number of aliphatic hydroxyl groups excluding tert-OH is 1. The lowest BCUT2D eigenvalue weighted by Crippen LogP contribution is -2.55. The Hall–Kier alpha value is -2.68. The van der Waals surface area contributed by atoms with Crippen LogP contribution in [0.3, 0.4) is 0 Å². The van der Waals surface area contributed by atoms with Gasteiger partial charge in [-0.3, -0.25) is 9.78 Å². The molecule has 3 atom stereocenters. The van der Waals surface area contributed by atoms with Crippen molar-refractivity contribution in [3.63, 3.8) is 0 Å². The Kier molecular flexibility index (Phi) is 5.90. The Balaban J connectivity index is 1.54. The Bertz CT molecular complexity index is 1040. The Morgan fingerprint density at radius 1 is 1.33 bits per heavy atom. The number of rotatable bonds is 5. The van der Waals surface area contributed by atoms with E-state index in [1.807, 2.05) is 13.0 Å². The van der Waals surface area contributed by atoms with Crippen LogP contribution in [0.15, 0.2) is 48.1 Å². The molecular weight excluding hydrogens is 403 g/mol. The number of halogens is 1. The van der Waals surface area contributed by atoms with Crippen LogP contribution < -0.4 is 10.6 Å². The summed E-state index contributed by atoms with van der Waals surface area (Å²) in [5.41, 5.74) is 8.46. The third-order valence-corrected chi connectivity index (χ3v) is 6.30. The minimum Gasteiger partial charge on any atom is -0.391 e. The van der Waals surface area contributed by atoms with Crippen LogP contribution in [0.5, 0.6) is 0 Å². The van der Waals surface area contributed by atoms with Gasteiger partial charge < -0.3 is 15.7 Å². The minimum atomic E-state index is -0.542. The maximum absolute atomic E-state index is 14.0. The molecule has 30 heavy (non-hydrogen) atoms. The van der Waals surface area contributed by atoms with Crippen molar-refractivity contribution in [2.75, 3.05) is 18.0 Å². The fourth-order valence-corrected chi connectivity index (χ4v) is 4.65. The molecule has 0 saturated carbocycles. The first-order chi connectivity index (χ1) is 14.4. The van der Waals surface area contributed by atoms with Gasteiger partial charge in [0.2, 0.25) is 0 Å². The molecule has 0 amide bonds. The van der Waals surface area contributed by atoms with Crippen molar-refractivity contribution in [1.82, 2.24) is 9.97 Å². The number of anilines is 1. The molecule has 1 aliphatic heterocycles. The highest BCUT2D eigenvalue weighted by Gasteiger charge is 2.32. The first-order valence-electron chi connectivity index (χ1n) is 9.79. The SMILES string of the molecule is C[C@H]1CN(c2ccncc2CC(=O)c2csc(-c3ccccc3F)n2)C[C@@H](N)[C@@H]1O. The summed E-state index contributed by atoms with van der Waals surface area (Å²) in [4.78, 5) is 23.5. The van der Waals surface area contributed by atoms with E-state index in [0.717, 1.165) is 11.3 Å². The summed E-state index contributed by atoms with van der Waals surface area (Å²) < 4.78 is 14.0. The van der Waals surface area contributed by atoms with Gasteiger partial charge in [-0.05, 0) is 18.2 Å². The average Bonchev–Trinajstić information content (AvgIpc) is 3.22. The lowest BCUT2D eigenvalue weighted by molar-refractivity contribution is 0.0784. The molecule has 3 aromatic rings. The number of nitrogens with zero attached hydrogens (tertiary/aromatic N) is 3. The predicted octanol–water partition coefficient (Wildman–Crippen LogP) is 2.91. The number of hydrogen-bond acceptors (Lipinski definition) is 7. The van der Waals surface area contributed by atoms with Gasteiger partial charge in [-0.25, -0.2) is 9.37 Å². The zero-order valence-electron chi connectivity index (χ0n) is 16.5. The highest BCUT2D eigenvalue weighted by atomic mass is 32.1. The summed E-state index contributed by atoms with van der Waals surface area (Å²) in [5, 5.41) is 12.3. The number of carbonyl (C=O) groups is 1. The normalized spacial score (nSPS) is 21.6. The Morgan fingerprint density at radius 2 is 2.13 bits per heavy atom. The standard InChI is InChI=1S/C22H23FN4O2S/c1-13-10-27(11-17(24)21(13)29)19-6-7-25-9-14(19)8-20(28)18-12-30-22(26-18)15-4-2-3-5-16(15)23/h2-7,9,12-13,17,21,29H,8,10-11,24H2,1H3/t13-,17+,21+/m0/s1. The summed E-state index contributed by atoms with van der Waals surface area (Å²) in [6.07, 6.45) is 2.95. The molecule has 8 heteroatoms. The minimum absolute atomic E-state index is 0.0207. The first-order valence-corrected chi connectivity index (χ1v) is 10.7. The molecule has 1 aromatic carbocycles. The third-order valence-electron chi connectivity index (χ3n) is 5.42. The number of piperidine rings is 1. The molecule has 0 radical (unpaired) electrons. The van der Waals surface area contributed by atoms with Gasteiger partial charge in [-0.2, -0.15) is 0 Å². The number of carbonyl (C=O) groups excluding carboxylic acids is 1. The quantitative estimate of drug-likeness (QED) is 0.610. The molecule has 1 fully saturated rings. The fraction of sp³-hybridized carbons (Fsp3) is 0.318. The second-order valence-corrected chi connectivity index (χ2v) is 8.52. The maximum Gasteiger partial charge on any atom is 0.186 e. The molecule has 0 bridgehead atoms. The van der Waals surface area contributed by atoms with Crippen molar-refractivity contribution in [1.29, 1.82) is 0 Å². The number of aromatic nitrogens is 2. The van der Waals surface area contributed by atoms with Gasteiger partial charge in [0.1, 0.15) is 16.5 Å². The van der Waals surface area contributed by atoms with E-state index in [4.69, 9.17) is 5.73 Å². The van der Waals surface area contributed by atoms with Crippen molar-refractivity contribution < 1.29 is 14.3 Å². The van der Waals surface area contributed by atoms with E-state index in [1.165, 1.54) is 17.4 Å². The van der Waals surface area contributed by atoms with Crippen LogP contribution >= 0.6 is 11.3 Å². The van der Waals surface area contributed by atoms with Gasteiger partial charge in [-0.1, -0.05) is 19.1 Å². The van der Waals surface area contributed by atoms with Gasteiger partial charge in [-0.15, -0.1) is 11.3 Å². The summed E-state index contributed by atoms with van der Waals surface area (Å²) in [5.74, 6) is -0.497. The van der Waals surface area contributed by atoms with Crippen molar-refractivity contribution >= 4 is 22.8 Å². The molecular formula is C22H23FN4O2S. The van der Waals surface area contributed by atoms with Crippen LogP contribution in [0.1, 0.15) is 23.0 Å². The van der Waals surface area contributed by atoms with Crippen molar-refractivity contribution in [2.45, 2.75) is 25.5 Å². The number of hydrogen-bond donors (Lipinski definition) is 2. The maximum atomic E-state index is 14.0. The van der Waals surface area contributed by atoms with E-state index in [0.29, 0.717) is 29.4 Å². The topological polar surface area (TPSA) is 92.3 Å². The van der Waals surface area contributed by atoms with Crippen molar-refractivity contribution in [3.05, 3.63) is 65.2 Å². The molecule has 3 heterocycles. The van der Waals surface area contributed by atoms with E-state index >= 15 is 0 Å². The van der Waals surface area contributed by atoms with Crippen LogP contribution in [0.2, 0.25) is 0 Å². The third kappa shape index (κ3) is 4.12. The molecule has 2 aromatic heterocycles. The molecule has 6 nitrogen and oxygen atoms in total. The van der Waals surface area contributed by atoms with E-state index in [9.17, 15) is 14.3 Å². The van der Waals surface area contributed by atoms with Gasteiger partial charge in [0, 0.05) is 66.1 Å². The van der Waals surface area contributed by atoms with Crippen molar-refractivity contribution in [2.24, 2.45) is 11.7 Å². The zero-order chi connectivity index (χ0) is 21.3. The molecule has 0 spiro atoms. The monoisotopic (exact) mass is 426 g/mol. The highest BCUT2D eigenvalue weighted by molar-refractivity contribution is 7.13. The number of aliphatic hydroxyl groups is 1. The van der Waals surface area contributed by atoms with Gasteiger partial charge >= 0.3 is 0 Å². The largest absolute Gasteiger partial charge is 0.391 e. The predicted molar refractivity (Wildman–Crippen MR) is 115 cm³/mol. The lowest BCUT2D eigenvalue weighted by Gasteiger charge is -2.40. The van der Waals surface area contributed by atoms with Crippen LogP contribution in [0.25, 0.3) is 10.6 Å². The molecule has 0 unspecified atom stereocenters. The van der Waals surface area contributed by atoms with Crippen LogP contribution in [-0.4, -0.2) is 46.1 Å². The number of ketones is 1. The summed E-state index contributed by atoms with van der Waals surface area (Å²) in [6, 6.07) is 7.90. The second kappa shape index (κ2) is 8.59. The van der Waals surface area contributed by atoms with E-state index in [-0.39, 0.29) is 30.0 Å². The average molecular weight is 427 g/mol. The summed E-state index contributed by atoms with van der Waals surface area (Å²) in [6.45, 7) is 3.11. The van der Waals surface area contributed by atoms with Crippen LogP contribution in [0, 0.1) is 11.7 Å². The number of pyridine rings is 1. The molecule has 1 saturated heterocycles. The molecule has 156 valence electrons. The smallest absolute Gasteiger partial charge is 0.186 e. The van der Waals surface area contributed by atoms with E-state index in [1.54, 1.807) is 36.0 Å². The zero-order valence-corrected chi connectivity index (χ0v) is 17.3. The van der Waals surface area contributed by atoms with Gasteiger partial charge in [0.25, 0.3) is 0 Å². The number of nitrogens with two attached hydrogens (primary N) is 1. The van der Waals surface area contributed by atoms with Crippen molar-refractivity contribution in [3.8, 4) is 10.6 Å². The number of Topliss-reactive ketones (excluding diaryl/α,β-unsaturated/α-hetero) is 1. The fourth-order valence-electron chi connectivity index (χ4n) is 3.80. The number of benzene rings is 1. The summed E-state index contributed by atoms with van der Waals surface area (Å²) >= 11 is 1.25. The van der Waals surface area contributed by atoms with E-state index in [2.05, 4.69) is 14.9 Å². The van der Waals surface area contributed by atoms with Gasteiger partial charge in [0.05, 0.1) is 6.10 Å². The Labute approximate surface area is 178 Å². The first kappa shape index (κ1) is 20.6. The molecule has 0 aliphatic carbocycles. The number of thiazole rings is 1. The molecule has 4 rings (SSSR count). The second-order valence-electron chi connectivity index (χ2n) is 7.66. The Morgan fingerprint density at radius 3 is 2.90 bits per heavy atom. The van der Waals surface area contributed by atoms with Crippen LogP contribution in [0.4, 0.5) is 10.1 Å². The summed E-state index contributed by atoms with van der Waals surface area (Å²) in [7, 11) is 0. The van der Waals surface area contributed by atoms with E-state index < -0.39 is 6.10 Å². The highest BCUT2D eigenvalue weighted by Crippen LogP contribution is 2.29. The molecule has 1 aliphatic rings. The lowest BCUT2D eigenvalue weighted by atomic mass is 9.92.